The van der Waals surface area contributed by atoms with E-state index in [4.69, 9.17) is 5.11 Å². The van der Waals surface area contributed by atoms with Gasteiger partial charge in [0.05, 0.1) is 23.2 Å². The molecule has 31 heavy (non-hydrogen) atoms. The Kier molecular flexibility index (Phi) is 6.10. The van der Waals surface area contributed by atoms with Crippen molar-refractivity contribution in [2.75, 3.05) is 29.4 Å². The van der Waals surface area contributed by atoms with Crippen LogP contribution in [-0.4, -0.2) is 63.1 Å². The predicted octanol–water partition coefficient (Wildman–Crippen LogP) is 1.39. The molecule has 2 aromatic rings. The van der Waals surface area contributed by atoms with Gasteiger partial charge in [-0.2, -0.15) is 5.10 Å². The van der Waals surface area contributed by atoms with Crippen LogP contribution in [0, 0.1) is 5.82 Å². The summed E-state index contributed by atoms with van der Waals surface area (Å²) in [4.78, 5) is 37.6. The number of carbonyl (C=O) groups excluding carboxylic acids is 2. The molecule has 2 aliphatic heterocycles. The van der Waals surface area contributed by atoms with E-state index in [1.807, 2.05) is 0 Å². The van der Waals surface area contributed by atoms with Crippen LogP contribution in [0.15, 0.2) is 12.1 Å². The third-order valence-corrected chi connectivity index (χ3v) is 5.72. The van der Waals surface area contributed by atoms with E-state index in [2.05, 4.69) is 10.4 Å². The number of benzene rings is 1. The van der Waals surface area contributed by atoms with Gasteiger partial charge in [-0.3, -0.25) is 24.5 Å². The van der Waals surface area contributed by atoms with Crippen molar-refractivity contribution >= 4 is 52.7 Å². The Hall–Kier alpha value is -2.92. The molecular formula is C19H23ClFN5O5. The second-order valence-electron chi connectivity index (χ2n) is 7.80. The van der Waals surface area contributed by atoms with E-state index in [-0.39, 0.29) is 56.4 Å². The molecule has 0 saturated carbocycles. The minimum Gasteiger partial charge on any atom is -0.481 e. The highest BCUT2D eigenvalue weighted by atomic mass is 35.5. The lowest BCUT2D eigenvalue weighted by Crippen LogP contribution is -2.49. The molecular weight excluding hydrogens is 433 g/mol. The Labute approximate surface area is 183 Å². The van der Waals surface area contributed by atoms with Gasteiger partial charge >= 0.3 is 12.0 Å². The summed E-state index contributed by atoms with van der Waals surface area (Å²) in [6, 6.07) is 2.36. The molecule has 12 heteroatoms. The van der Waals surface area contributed by atoms with E-state index >= 15 is 4.39 Å². The number of rotatable bonds is 4. The smallest absolute Gasteiger partial charge is 0.329 e. The Bertz CT molecular complexity index is 1050. The largest absolute Gasteiger partial charge is 0.481 e. The molecule has 0 unspecified atom stereocenters. The van der Waals surface area contributed by atoms with E-state index in [0.717, 1.165) is 0 Å². The van der Waals surface area contributed by atoms with Crippen molar-refractivity contribution in [2.45, 2.75) is 31.3 Å². The molecule has 2 aliphatic rings. The highest BCUT2D eigenvalue weighted by molar-refractivity contribution is 6.09. The standard InChI is InChI=1S/C19H22FN5O5.ClH/c1-23-13-9-14(24-6-3-19(30,4-7-24)10-16(27)28)12(20)8-11(13)17(22-23)25-5-2-15(26)21-18(25)29;/h8-9,30H,2-7,10H2,1H3,(H,27,28)(H,21,26,29);1H. The molecule has 3 heterocycles. The van der Waals surface area contributed by atoms with E-state index in [1.165, 1.54) is 11.0 Å². The summed E-state index contributed by atoms with van der Waals surface area (Å²) < 4.78 is 16.6. The third kappa shape index (κ3) is 4.28. The van der Waals surface area contributed by atoms with Gasteiger partial charge in [-0.1, -0.05) is 0 Å². The van der Waals surface area contributed by atoms with Crippen LogP contribution in [0.1, 0.15) is 25.7 Å². The molecule has 4 rings (SSSR count). The Balaban J connectivity index is 0.00000272. The van der Waals surface area contributed by atoms with Gasteiger partial charge in [-0.15, -0.1) is 12.4 Å². The number of amides is 3. The fraction of sp³-hybridized carbons (Fsp3) is 0.474. The molecule has 0 aliphatic carbocycles. The second-order valence-corrected chi connectivity index (χ2v) is 7.80. The van der Waals surface area contributed by atoms with Gasteiger partial charge in [-0.05, 0) is 25.0 Å². The number of urea groups is 1. The number of fused-ring (bicyclic) bond motifs is 1. The number of carboxylic acid groups (broad SMARTS) is 1. The molecule has 10 nitrogen and oxygen atoms in total. The molecule has 168 valence electrons. The van der Waals surface area contributed by atoms with Crippen molar-refractivity contribution in [1.82, 2.24) is 15.1 Å². The molecule has 0 bridgehead atoms. The fourth-order valence-electron chi connectivity index (χ4n) is 4.08. The van der Waals surface area contributed by atoms with Crippen LogP contribution in [0.5, 0.6) is 0 Å². The highest BCUT2D eigenvalue weighted by Crippen LogP contribution is 2.35. The average Bonchev–Trinajstić information content (AvgIpc) is 2.96. The number of aliphatic carboxylic acids is 1. The number of anilines is 2. The zero-order chi connectivity index (χ0) is 21.6. The SMILES string of the molecule is Cl.Cn1nc(N2CCC(=O)NC2=O)c2cc(F)c(N3CCC(O)(CC(=O)O)CC3)cc21. The number of imide groups is 1. The number of nitrogens with zero attached hydrogens (tertiary/aromatic N) is 4. The summed E-state index contributed by atoms with van der Waals surface area (Å²) in [7, 11) is 1.68. The first-order valence-electron chi connectivity index (χ1n) is 9.63. The van der Waals surface area contributed by atoms with Gasteiger partial charge in [0.15, 0.2) is 5.82 Å². The van der Waals surface area contributed by atoms with Crippen molar-refractivity contribution < 1.29 is 29.0 Å². The monoisotopic (exact) mass is 455 g/mol. The minimum atomic E-state index is -1.29. The second kappa shape index (κ2) is 8.31. The number of halogens is 2. The molecule has 2 saturated heterocycles. The van der Waals surface area contributed by atoms with Gasteiger partial charge in [0, 0.05) is 38.5 Å². The van der Waals surface area contributed by atoms with Crippen LogP contribution in [0.4, 0.5) is 20.7 Å². The molecule has 1 aromatic carbocycles. The number of aromatic nitrogens is 2. The zero-order valence-corrected chi connectivity index (χ0v) is 17.6. The van der Waals surface area contributed by atoms with Crippen LogP contribution < -0.4 is 15.1 Å². The summed E-state index contributed by atoms with van der Waals surface area (Å²) in [6.07, 6.45) is 0.232. The Morgan fingerprint density at radius 2 is 1.94 bits per heavy atom. The number of carbonyl (C=O) groups is 3. The third-order valence-electron chi connectivity index (χ3n) is 5.72. The first kappa shape index (κ1) is 22.8. The van der Waals surface area contributed by atoms with Gasteiger partial charge in [-0.25, -0.2) is 9.18 Å². The van der Waals surface area contributed by atoms with Crippen LogP contribution in [0.3, 0.4) is 0 Å². The maximum atomic E-state index is 15.0. The van der Waals surface area contributed by atoms with Crippen molar-refractivity contribution in [1.29, 1.82) is 0 Å². The van der Waals surface area contributed by atoms with Gasteiger partial charge < -0.3 is 15.1 Å². The summed E-state index contributed by atoms with van der Waals surface area (Å²) in [5.74, 6) is -1.66. The van der Waals surface area contributed by atoms with Crippen LogP contribution >= 0.6 is 12.4 Å². The maximum absolute atomic E-state index is 15.0. The Morgan fingerprint density at radius 3 is 2.55 bits per heavy atom. The zero-order valence-electron chi connectivity index (χ0n) is 16.8. The van der Waals surface area contributed by atoms with Crippen molar-refractivity contribution in [3.05, 3.63) is 17.9 Å². The van der Waals surface area contributed by atoms with Gasteiger partial charge in [0.1, 0.15) is 5.82 Å². The van der Waals surface area contributed by atoms with E-state index < -0.39 is 23.4 Å². The molecule has 1 aromatic heterocycles. The van der Waals surface area contributed by atoms with E-state index in [9.17, 15) is 19.5 Å². The van der Waals surface area contributed by atoms with Gasteiger partial charge in [0.25, 0.3) is 0 Å². The van der Waals surface area contributed by atoms with Gasteiger partial charge in [0.2, 0.25) is 5.91 Å². The summed E-state index contributed by atoms with van der Waals surface area (Å²) in [5, 5.41) is 26.4. The summed E-state index contributed by atoms with van der Waals surface area (Å²) in [5.41, 5.74) is -0.355. The molecule has 3 amide bonds. The minimum absolute atomic E-state index is 0. The van der Waals surface area contributed by atoms with Crippen LogP contribution in [-0.2, 0) is 16.6 Å². The molecule has 0 radical (unpaired) electrons. The normalized spacial score (nSPS) is 18.7. The average molecular weight is 456 g/mol. The lowest BCUT2D eigenvalue weighted by Gasteiger charge is -2.38. The van der Waals surface area contributed by atoms with E-state index in [0.29, 0.717) is 29.7 Å². The number of aryl methyl sites for hydroxylation is 1. The molecule has 0 spiro atoms. The Morgan fingerprint density at radius 1 is 1.26 bits per heavy atom. The fourth-order valence-corrected chi connectivity index (χ4v) is 4.08. The van der Waals surface area contributed by atoms with Crippen molar-refractivity contribution in [3.8, 4) is 0 Å². The number of carboxylic acids is 1. The number of piperidine rings is 1. The molecule has 3 N–H and O–H groups in total. The first-order chi connectivity index (χ1) is 14.2. The number of aliphatic hydroxyl groups is 1. The predicted molar refractivity (Wildman–Crippen MR) is 112 cm³/mol. The molecule has 0 atom stereocenters. The highest BCUT2D eigenvalue weighted by Gasteiger charge is 2.35. The molecule has 2 fully saturated rings. The first-order valence-corrected chi connectivity index (χ1v) is 9.63. The van der Waals surface area contributed by atoms with Crippen LogP contribution in [0.25, 0.3) is 10.9 Å². The topological polar surface area (TPSA) is 128 Å². The maximum Gasteiger partial charge on any atom is 0.329 e. The lowest BCUT2D eigenvalue weighted by atomic mass is 9.88. The van der Waals surface area contributed by atoms with E-state index in [1.54, 1.807) is 22.7 Å². The lowest BCUT2D eigenvalue weighted by molar-refractivity contribution is -0.143. The van der Waals surface area contributed by atoms with Crippen LogP contribution in [0.2, 0.25) is 0 Å². The quantitative estimate of drug-likeness (QED) is 0.635. The number of hydrogen-bond donors (Lipinski definition) is 3. The summed E-state index contributed by atoms with van der Waals surface area (Å²) >= 11 is 0. The number of nitrogens with one attached hydrogen (secondary N) is 1. The number of hydrogen-bond acceptors (Lipinski definition) is 6. The van der Waals surface area contributed by atoms with Crippen molar-refractivity contribution in [2.24, 2.45) is 7.05 Å². The summed E-state index contributed by atoms with van der Waals surface area (Å²) in [6.45, 7) is 0.787. The van der Waals surface area contributed by atoms with Crippen molar-refractivity contribution in [3.63, 3.8) is 0 Å².